The molecule has 0 bridgehead atoms. The number of rotatable bonds is 23. The lowest BCUT2D eigenvalue weighted by atomic mass is 9.43. The van der Waals surface area contributed by atoms with Crippen molar-refractivity contribution >= 4 is 0 Å². The van der Waals surface area contributed by atoms with E-state index >= 15 is 0 Å². The van der Waals surface area contributed by atoms with Crippen LogP contribution in [0.3, 0.4) is 0 Å². The molecule has 25 heteroatoms. The van der Waals surface area contributed by atoms with E-state index in [0.29, 0.717) is 43.4 Å². The Morgan fingerprint density at radius 2 is 0.950 bits per heavy atom. The minimum absolute atomic E-state index is 0.0655. The molecule has 0 aromatic carbocycles. The van der Waals surface area contributed by atoms with Crippen molar-refractivity contribution in [3.8, 4) is 0 Å². The lowest BCUT2D eigenvalue weighted by Gasteiger charge is -2.64. The van der Waals surface area contributed by atoms with E-state index in [2.05, 4.69) is 34.6 Å². The highest BCUT2D eigenvalue weighted by molar-refractivity contribution is 5.15. The summed E-state index contributed by atoms with van der Waals surface area (Å²) < 4.78 is 60.2. The summed E-state index contributed by atoms with van der Waals surface area (Å²) in [7, 11) is 0. The first-order valence-electron chi connectivity index (χ1n) is 29.4. The lowest BCUT2D eigenvalue weighted by Crippen LogP contribution is -2.64. The molecule has 8 aliphatic rings. The minimum Gasteiger partial charge on any atom is -0.394 e. The van der Waals surface area contributed by atoms with Crippen LogP contribution in [0.25, 0.3) is 0 Å². The number of ether oxygens (including phenoxy) is 10. The zero-order valence-corrected chi connectivity index (χ0v) is 46.8. The highest BCUT2D eigenvalue weighted by Crippen LogP contribution is 2.69. The van der Waals surface area contributed by atoms with E-state index < -0.39 is 155 Å². The van der Waals surface area contributed by atoms with Crippen molar-refractivity contribution < 1.29 is 124 Å². The van der Waals surface area contributed by atoms with Crippen molar-refractivity contribution in [2.24, 2.45) is 52.3 Å². The molecule has 4 heterocycles. The van der Waals surface area contributed by atoms with Crippen molar-refractivity contribution in [3.63, 3.8) is 0 Å². The fraction of sp³-hybridized carbons (Fsp3) is 1.00. The van der Waals surface area contributed by atoms with Crippen LogP contribution in [0.1, 0.15) is 98.8 Å². The van der Waals surface area contributed by atoms with Gasteiger partial charge in [0.25, 0.3) is 0 Å². The average molecular weight is 1160 g/mol. The van der Waals surface area contributed by atoms with Gasteiger partial charge in [0.15, 0.2) is 25.2 Å². The smallest absolute Gasteiger partial charge is 0.187 e. The van der Waals surface area contributed by atoms with Gasteiger partial charge in [-0.1, -0.05) is 53.9 Å². The molecule has 31 atom stereocenters. The Kier molecular flexibility index (Phi) is 22.6. The van der Waals surface area contributed by atoms with Gasteiger partial charge in [0, 0.05) is 5.41 Å². The predicted molar refractivity (Wildman–Crippen MR) is 274 cm³/mol. The van der Waals surface area contributed by atoms with Gasteiger partial charge in [-0.15, -0.1) is 0 Å². The second-order valence-corrected chi connectivity index (χ2v) is 25.3. The van der Waals surface area contributed by atoms with E-state index in [4.69, 9.17) is 47.4 Å². The molecule has 4 saturated heterocycles. The average Bonchev–Trinajstić information content (AvgIpc) is 4.02. The Balaban J connectivity index is 0.943. The van der Waals surface area contributed by atoms with Crippen LogP contribution in [0.15, 0.2) is 0 Å². The van der Waals surface area contributed by atoms with Crippen LogP contribution in [-0.2, 0) is 47.4 Å². The summed E-state index contributed by atoms with van der Waals surface area (Å²) in [6.45, 7) is 8.70. The van der Waals surface area contributed by atoms with Gasteiger partial charge in [-0.25, -0.2) is 0 Å². The summed E-state index contributed by atoms with van der Waals surface area (Å²) in [4.78, 5) is 0. The molecule has 25 nitrogen and oxygen atoms in total. The quantitative estimate of drug-likeness (QED) is 0.0447. The summed E-state index contributed by atoms with van der Waals surface area (Å²) in [5, 5.41) is 158. The Labute approximate surface area is 467 Å². The molecule has 0 aromatic heterocycles. The number of aliphatic hydroxyl groups is 15. The summed E-state index contributed by atoms with van der Waals surface area (Å²) in [6, 6.07) is 0. The van der Waals surface area contributed by atoms with Crippen LogP contribution in [0.4, 0.5) is 0 Å². The molecule has 8 rings (SSSR count). The van der Waals surface area contributed by atoms with E-state index in [1.54, 1.807) is 0 Å². The number of aliphatic hydroxyl groups excluding tert-OH is 15. The van der Waals surface area contributed by atoms with Crippen LogP contribution in [-0.4, -0.2) is 271 Å². The van der Waals surface area contributed by atoms with E-state index in [1.165, 1.54) is 0 Å². The van der Waals surface area contributed by atoms with Crippen molar-refractivity contribution in [1.82, 2.24) is 0 Å². The summed E-state index contributed by atoms with van der Waals surface area (Å²) in [5.41, 5.74) is -0.486. The molecule has 4 aliphatic heterocycles. The van der Waals surface area contributed by atoms with Crippen molar-refractivity contribution in [1.29, 1.82) is 0 Å². The molecule has 8 fully saturated rings. The summed E-state index contributed by atoms with van der Waals surface area (Å²) in [5.74, 6) is 1.73. The highest BCUT2D eigenvalue weighted by atomic mass is 16.8. The largest absolute Gasteiger partial charge is 0.394 e. The van der Waals surface area contributed by atoms with Crippen LogP contribution < -0.4 is 0 Å². The van der Waals surface area contributed by atoms with Gasteiger partial charge in [-0.2, -0.15) is 0 Å². The molecule has 4 saturated carbocycles. The van der Waals surface area contributed by atoms with Crippen LogP contribution in [0.5, 0.6) is 0 Å². The summed E-state index contributed by atoms with van der Waals surface area (Å²) in [6.07, 6.45) is -23.9. The minimum atomic E-state index is -1.81. The fourth-order valence-electron chi connectivity index (χ4n) is 15.7. The zero-order chi connectivity index (χ0) is 58.1. The highest BCUT2D eigenvalue weighted by Gasteiger charge is 2.67. The van der Waals surface area contributed by atoms with Gasteiger partial charge in [0.1, 0.15) is 97.7 Å². The molecule has 80 heavy (non-hydrogen) atoms. The third-order valence-corrected chi connectivity index (χ3v) is 20.2. The van der Waals surface area contributed by atoms with Gasteiger partial charge in [-0.05, 0) is 91.8 Å². The Hall–Kier alpha value is -1.00. The number of fused-ring (bicyclic) bond motifs is 5. The van der Waals surface area contributed by atoms with Crippen molar-refractivity contribution in [3.05, 3.63) is 0 Å². The normalized spacial score (nSPS) is 50.2. The van der Waals surface area contributed by atoms with Gasteiger partial charge in [-0.3, -0.25) is 0 Å². The summed E-state index contributed by atoms with van der Waals surface area (Å²) >= 11 is 0. The predicted octanol–water partition coefficient (Wildman–Crippen LogP) is -3.26. The van der Waals surface area contributed by atoms with Crippen molar-refractivity contribution in [2.45, 2.75) is 240 Å². The van der Waals surface area contributed by atoms with Crippen LogP contribution in [0, 0.1) is 52.3 Å². The Bertz CT molecular complexity index is 1890. The molecular weight excluding hydrogens is 1060 g/mol. The molecule has 15 N–H and O–H groups in total. The monoisotopic (exact) mass is 1160 g/mol. The number of hydrogen-bond acceptors (Lipinski definition) is 25. The first kappa shape index (κ1) is 65.0. The standard InChI is InChI=1S/C55H96O25/c1-24(2)7-6-8-25(3)28-9-10-29-37-30(19-36(55(28,29)5)72-14-16-74-51-47(70)43(66)49(35(23-59)78-51)80-53-45(68)41(64)39(62)33(21-57)76-53)54(4)12-11-27(60)17-26(54)18-31(37)71-13-15-73-50-46(69)42(65)48(34(22-58)77-50)79-52-44(67)40(63)38(61)32(20-56)75-52/h24-53,56-70H,6-23H2,1-5H3/t25-,26+,27-,28-,29+,30+,31-,32?,33?,34?,35?,36+,37+,38-,39-,40+,41+,42-,43-,44?,45?,46?,47?,48-,49-,50-,51-,52-,53-,54+,55-/m1/s1. The molecule has 4 aliphatic carbocycles. The first-order chi connectivity index (χ1) is 38.0. The van der Waals surface area contributed by atoms with Gasteiger partial charge in [0.05, 0.1) is 71.2 Å². The second-order valence-electron chi connectivity index (χ2n) is 25.3. The Morgan fingerprint density at radius 1 is 0.475 bits per heavy atom. The van der Waals surface area contributed by atoms with Gasteiger partial charge >= 0.3 is 0 Å². The lowest BCUT2D eigenvalue weighted by molar-refractivity contribution is -0.360. The Morgan fingerprint density at radius 3 is 1.45 bits per heavy atom. The molecule has 0 amide bonds. The molecular formula is C55H96O25. The third-order valence-electron chi connectivity index (χ3n) is 20.2. The van der Waals surface area contributed by atoms with Gasteiger partial charge in [0.2, 0.25) is 0 Å². The van der Waals surface area contributed by atoms with Crippen molar-refractivity contribution in [2.75, 3.05) is 52.9 Å². The molecule has 8 unspecified atom stereocenters. The van der Waals surface area contributed by atoms with E-state index in [1.807, 2.05) is 0 Å². The number of hydrogen-bond donors (Lipinski definition) is 15. The zero-order valence-electron chi connectivity index (χ0n) is 46.8. The van der Waals surface area contributed by atoms with Crippen LogP contribution >= 0.6 is 0 Å². The molecule has 0 spiro atoms. The molecule has 0 radical (unpaired) electrons. The fourth-order valence-corrected chi connectivity index (χ4v) is 15.7. The topological polar surface area (TPSA) is 396 Å². The second kappa shape index (κ2) is 27.8. The maximum absolute atomic E-state index is 11.3. The maximum atomic E-state index is 11.3. The molecule has 0 aromatic rings. The van der Waals surface area contributed by atoms with Gasteiger partial charge < -0.3 is 124 Å². The third kappa shape index (κ3) is 13.1. The van der Waals surface area contributed by atoms with E-state index in [0.717, 1.165) is 38.5 Å². The first-order valence-corrected chi connectivity index (χ1v) is 29.4. The van der Waals surface area contributed by atoms with E-state index in [9.17, 15) is 76.6 Å². The van der Waals surface area contributed by atoms with E-state index in [-0.39, 0.29) is 73.1 Å². The SMILES string of the molecule is CC(C)CCC[C@@H](C)[C@H]1CC[C@H]2[C@@H]3[C@H](OCCO[C@@H]4OC(CO)[C@@H](O[C@H]5OC(CO)[C@@H](O)[C@H](O)C5O)[C@H](O)C4O)C[C@@H]4C[C@H](O)CC[C@]4(C)[C@H]3C[C@H](OCCO[C@@H]3OC(CO)[C@@H](O[C@H]4OC(CO)[C@@H](O)[C@H](O)C4O)[C@H](O)C3O)[C@]12C. The molecule has 466 valence electrons. The van der Waals surface area contributed by atoms with Crippen LogP contribution in [0.2, 0.25) is 0 Å². The maximum Gasteiger partial charge on any atom is 0.187 e.